The predicted molar refractivity (Wildman–Crippen MR) is 74.4 cm³/mol. The lowest BCUT2D eigenvalue weighted by molar-refractivity contribution is 0.0914. The third kappa shape index (κ3) is 3.54. The van der Waals surface area contributed by atoms with Gasteiger partial charge in [-0.3, -0.25) is 0 Å². The van der Waals surface area contributed by atoms with Gasteiger partial charge >= 0.3 is 6.09 Å². The number of furan rings is 1. The van der Waals surface area contributed by atoms with Crippen LogP contribution < -0.4 is 0 Å². The molecule has 0 aromatic carbocycles. The van der Waals surface area contributed by atoms with Gasteiger partial charge in [0.1, 0.15) is 12.4 Å². The number of carbonyl (C=O) groups excluding carboxylic acids is 1. The summed E-state index contributed by atoms with van der Waals surface area (Å²) < 4.78 is 10.5. The predicted octanol–water partition coefficient (Wildman–Crippen LogP) is 2.89. The number of ether oxygens (including phenoxy) is 1. The maximum Gasteiger partial charge on any atom is 0.409 e. The van der Waals surface area contributed by atoms with Crippen LogP contribution in [0.5, 0.6) is 0 Å². The van der Waals surface area contributed by atoms with Crippen LogP contribution >= 0.6 is 0 Å². The summed E-state index contributed by atoms with van der Waals surface area (Å²) in [6.07, 6.45) is 5.13. The quantitative estimate of drug-likeness (QED) is 0.843. The first-order valence-electron chi connectivity index (χ1n) is 7.35. The number of hydrogen-bond acceptors (Lipinski definition) is 4. The fourth-order valence-electron chi connectivity index (χ4n) is 2.61. The lowest BCUT2D eigenvalue weighted by Gasteiger charge is -2.31. The molecule has 1 aromatic heterocycles. The number of amides is 1. The second-order valence-corrected chi connectivity index (χ2v) is 5.19. The van der Waals surface area contributed by atoms with Crippen LogP contribution in [0.15, 0.2) is 16.7 Å². The van der Waals surface area contributed by atoms with Gasteiger partial charge in [-0.1, -0.05) is 13.3 Å². The van der Waals surface area contributed by atoms with E-state index in [4.69, 9.17) is 9.15 Å². The molecule has 0 saturated carbocycles. The fourth-order valence-corrected chi connectivity index (χ4v) is 2.61. The van der Waals surface area contributed by atoms with Crippen LogP contribution in [-0.2, 0) is 11.3 Å². The fraction of sp³-hybridized carbons (Fsp3) is 0.667. The molecular formula is C15H23NO4. The normalized spacial score (nSPS) is 16.4. The molecule has 1 saturated heterocycles. The summed E-state index contributed by atoms with van der Waals surface area (Å²) in [5.74, 6) is 1.00. The van der Waals surface area contributed by atoms with Crippen molar-refractivity contribution in [2.24, 2.45) is 0 Å². The molecule has 1 aromatic rings. The van der Waals surface area contributed by atoms with Gasteiger partial charge in [0.25, 0.3) is 0 Å². The molecule has 1 aliphatic heterocycles. The van der Waals surface area contributed by atoms with E-state index in [9.17, 15) is 9.90 Å². The highest BCUT2D eigenvalue weighted by molar-refractivity contribution is 5.67. The van der Waals surface area contributed by atoms with Crippen molar-refractivity contribution in [2.45, 2.75) is 45.1 Å². The van der Waals surface area contributed by atoms with E-state index >= 15 is 0 Å². The van der Waals surface area contributed by atoms with Crippen LogP contribution in [0, 0.1) is 0 Å². The summed E-state index contributed by atoms with van der Waals surface area (Å²) in [5, 5.41) is 9.22. The van der Waals surface area contributed by atoms with E-state index in [2.05, 4.69) is 6.92 Å². The first kappa shape index (κ1) is 14.9. The number of unbranched alkanes of at least 4 members (excludes halogenated alkanes) is 1. The Morgan fingerprint density at radius 2 is 2.25 bits per heavy atom. The van der Waals surface area contributed by atoms with Gasteiger partial charge in [-0.05, 0) is 36.8 Å². The first-order chi connectivity index (χ1) is 9.76. The van der Waals surface area contributed by atoms with E-state index in [1.54, 1.807) is 11.2 Å². The van der Waals surface area contributed by atoms with Crippen molar-refractivity contribution in [3.63, 3.8) is 0 Å². The zero-order valence-corrected chi connectivity index (χ0v) is 12.0. The number of carbonyl (C=O) groups is 1. The molecule has 0 spiro atoms. The van der Waals surface area contributed by atoms with Crippen molar-refractivity contribution in [3.05, 3.63) is 23.7 Å². The van der Waals surface area contributed by atoms with Crippen LogP contribution in [0.25, 0.3) is 0 Å². The monoisotopic (exact) mass is 281 g/mol. The van der Waals surface area contributed by atoms with Crippen molar-refractivity contribution in [1.29, 1.82) is 0 Å². The topological polar surface area (TPSA) is 62.9 Å². The van der Waals surface area contributed by atoms with Gasteiger partial charge in [0.15, 0.2) is 0 Å². The number of rotatable bonds is 5. The molecule has 1 amide bonds. The molecule has 1 N–H and O–H groups in total. The number of nitrogens with zero attached hydrogens (tertiary/aromatic N) is 1. The Kier molecular flexibility index (Phi) is 5.47. The molecule has 0 atom stereocenters. The third-order valence-corrected chi connectivity index (χ3v) is 3.84. The second kappa shape index (κ2) is 7.33. The Morgan fingerprint density at radius 3 is 2.90 bits per heavy atom. The minimum Gasteiger partial charge on any atom is -0.467 e. The van der Waals surface area contributed by atoms with Crippen molar-refractivity contribution < 1.29 is 19.1 Å². The zero-order chi connectivity index (χ0) is 14.4. The van der Waals surface area contributed by atoms with Crippen LogP contribution in [0.3, 0.4) is 0 Å². The van der Waals surface area contributed by atoms with E-state index in [0.717, 1.165) is 31.2 Å². The largest absolute Gasteiger partial charge is 0.467 e. The van der Waals surface area contributed by atoms with E-state index in [1.165, 1.54) is 0 Å². The smallest absolute Gasteiger partial charge is 0.409 e. The Bertz CT molecular complexity index is 421. The molecule has 1 aliphatic rings. The molecule has 5 heteroatoms. The zero-order valence-electron chi connectivity index (χ0n) is 12.0. The van der Waals surface area contributed by atoms with Crippen molar-refractivity contribution in [1.82, 2.24) is 4.90 Å². The molecule has 1 fully saturated rings. The summed E-state index contributed by atoms with van der Waals surface area (Å²) >= 11 is 0. The van der Waals surface area contributed by atoms with Crippen LogP contribution in [-0.4, -0.2) is 35.8 Å². The minimum absolute atomic E-state index is 0.0679. The van der Waals surface area contributed by atoms with Crippen LogP contribution in [0.4, 0.5) is 4.79 Å². The molecule has 0 unspecified atom stereocenters. The summed E-state index contributed by atoms with van der Waals surface area (Å²) in [4.78, 5) is 13.6. The summed E-state index contributed by atoms with van der Waals surface area (Å²) in [5.41, 5.74) is 1.08. The Balaban J connectivity index is 1.81. The Labute approximate surface area is 119 Å². The average Bonchev–Trinajstić information content (AvgIpc) is 2.96. The second-order valence-electron chi connectivity index (χ2n) is 5.19. The van der Waals surface area contributed by atoms with Gasteiger partial charge in [0, 0.05) is 13.1 Å². The molecule has 2 heterocycles. The molecule has 20 heavy (non-hydrogen) atoms. The van der Waals surface area contributed by atoms with Gasteiger partial charge < -0.3 is 19.2 Å². The molecular weight excluding hydrogens is 258 g/mol. The molecule has 0 radical (unpaired) electrons. The Morgan fingerprint density at radius 1 is 1.50 bits per heavy atom. The number of piperidine rings is 1. The molecule has 5 nitrogen and oxygen atoms in total. The van der Waals surface area contributed by atoms with Gasteiger partial charge in [-0.15, -0.1) is 0 Å². The number of aliphatic hydroxyl groups is 1. The van der Waals surface area contributed by atoms with Crippen molar-refractivity contribution >= 4 is 6.09 Å². The SMILES string of the molecule is CCCCOC(=O)N1CCC(c2ccoc2CO)CC1. The molecule has 0 bridgehead atoms. The first-order valence-corrected chi connectivity index (χ1v) is 7.35. The summed E-state index contributed by atoms with van der Waals surface area (Å²) in [6.45, 7) is 3.91. The third-order valence-electron chi connectivity index (χ3n) is 3.84. The minimum atomic E-state index is -0.202. The van der Waals surface area contributed by atoms with E-state index in [-0.39, 0.29) is 12.7 Å². The lowest BCUT2D eigenvalue weighted by Crippen LogP contribution is -2.38. The molecule has 112 valence electrons. The van der Waals surface area contributed by atoms with Gasteiger partial charge in [-0.2, -0.15) is 0 Å². The lowest BCUT2D eigenvalue weighted by atomic mass is 9.90. The molecule has 2 rings (SSSR count). The number of aliphatic hydroxyl groups excluding tert-OH is 1. The van der Waals surface area contributed by atoms with Gasteiger partial charge in [0.2, 0.25) is 0 Å². The summed E-state index contributed by atoms with van der Waals surface area (Å²) in [7, 11) is 0. The Hall–Kier alpha value is -1.49. The number of hydrogen-bond donors (Lipinski definition) is 1. The van der Waals surface area contributed by atoms with Gasteiger partial charge in [0.05, 0.1) is 12.9 Å². The number of likely N-dealkylation sites (tertiary alicyclic amines) is 1. The van der Waals surface area contributed by atoms with Crippen LogP contribution in [0.1, 0.15) is 49.8 Å². The highest BCUT2D eigenvalue weighted by Gasteiger charge is 2.26. The van der Waals surface area contributed by atoms with E-state index < -0.39 is 0 Å². The highest BCUT2D eigenvalue weighted by Crippen LogP contribution is 2.31. The van der Waals surface area contributed by atoms with Crippen molar-refractivity contribution in [3.8, 4) is 0 Å². The maximum absolute atomic E-state index is 11.8. The standard InChI is InChI=1S/C15H23NO4/c1-2-3-9-20-15(18)16-7-4-12(5-8-16)13-6-10-19-14(13)11-17/h6,10,12,17H,2-5,7-9,11H2,1H3. The highest BCUT2D eigenvalue weighted by atomic mass is 16.6. The van der Waals surface area contributed by atoms with Gasteiger partial charge in [-0.25, -0.2) is 4.79 Å². The van der Waals surface area contributed by atoms with Crippen molar-refractivity contribution in [2.75, 3.05) is 19.7 Å². The molecule has 0 aliphatic carbocycles. The van der Waals surface area contributed by atoms with E-state index in [0.29, 0.717) is 31.4 Å². The van der Waals surface area contributed by atoms with E-state index in [1.807, 2.05) is 6.07 Å². The maximum atomic E-state index is 11.8. The summed E-state index contributed by atoms with van der Waals surface area (Å²) in [6, 6.07) is 1.92. The van der Waals surface area contributed by atoms with Crippen LogP contribution in [0.2, 0.25) is 0 Å². The average molecular weight is 281 g/mol.